The molecule has 2 unspecified atom stereocenters. The molecule has 0 spiro atoms. The van der Waals surface area contributed by atoms with Crippen molar-refractivity contribution in [1.82, 2.24) is 10.6 Å². The van der Waals surface area contributed by atoms with Gasteiger partial charge in [-0.3, -0.25) is 4.99 Å². The summed E-state index contributed by atoms with van der Waals surface area (Å²) >= 11 is 0. The van der Waals surface area contributed by atoms with Gasteiger partial charge in [0.1, 0.15) is 5.82 Å². The summed E-state index contributed by atoms with van der Waals surface area (Å²) in [5.74, 6) is 0.0572. The molecule has 0 radical (unpaired) electrons. The summed E-state index contributed by atoms with van der Waals surface area (Å²) in [5, 5.41) is 6.54. The second kappa shape index (κ2) is 9.25. The quantitative estimate of drug-likeness (QED) is 0.338. The third kappa shape index (κ3) is 5.56. The molecule has 0 heterocycles. The van der Waals surface area contributed by atoms with E-state index in [1.807, 2.05) is 0 Å². The zero-order valence-electron chi connectivity index (χ0n) is 17.3. The molecule has 160 valence electrons. The number of rotatable bonds is 6. The molecule has 9 heteroatoms. The molecule has 1 aliphatic carbocycles. The third-order valence-electron chi connectivity index (χ3n) is 5.85. The molecule has 0 bridgehead atoms. The molecule has 1 saturated carbocycles. The van der Waals surface area contributed by atoms with Gasteiger partial charge < -0.3 is 15.4 Å². The molecule has 2 rings (SSSR count). The van der Waals surface area contributed by atoms with Crippen LogP contribution in [0.4, 0.5) is 4.39 Å². The van der Waals surface area contributed by atoms with Crippen molar-refractivity contribution >= 4 is 39.8 Å². The van der Waals surface area contributed by atoms with Gasteiger partial charge in [-0.25, -0.2) is 12.8 Å². The van der Waals surface area contributed by atoms with Crippen molar-refractivity contribution in [1.29, 1.82) is 0 Å². The smallest absolute Gasteiger partial charge is 0.191 e. The maximum absolute atomic E-state index is 13.6. The highest BCUT2D eigenvalue weighted by atomic mass is 127. The number of sulfone groups is 1. The van der Waals surface area contributed by atoms with Gasteiger partial charge in [0.15, 0.2) is 15.8 Å². The molecule has 6 nitrogen and oxygen atoms in total. The summed E-state index contributed by atoms with van der Waals surface area (Å²) in [7, 11) is 0.175. The van der Waals surface area contributed by atoms with Crippen LogP contribution in [0.15, 0.2) is 23.2 Å². The average Bonchev–Trinajstić information content (AvgIpc) is 2.58. The second-order valence-electron chi connectivity index (χ2n) is 7.97. The third-order valence-corrected chi connectivity index (χ3v) is 6.68. The molecular formula is C19H31FIN3O3S. The Bertz CT molecular complexity index is 830. The zero-order chi connectivity index (χ0) is 20.5. The van der Waals surface area contributed by atoms with Crippen LogP contribution >= 0.6 is 24.0 Å². The summed E-state index contributed by atoms with van der Waals surface area (Å²) in [6.07, 6.45) is 2.01. The maximum atomic E-state index is 13.6. The van der Waals surface area contributed by atoms with Crippen LogP contribution in [0.5, 0.6) is 0 Å². The second-order valence-corrected chi connectivity index (χ2v) is 10.1. The summed E-state index contributed by atoms with van der Waals surface area (Å²) in [6.45, 7) is 6.64. The fraction of sp³-hybridized carbons (Fsp3) is 0.632. The van der Waals surface area contributed by atoms with Crippen LogP contribution in [0.25, 0.3) is 0 Å². The van der Waals surface area contributed by atoms with E-state index >= 15 is 0 Å². The minimum Gasteiger partial charge on any atom is -0.378 e. The molecule has 0 aromatic heterocycles. The number of methoxy groups -OCH3 is 1. The van der Waals surface area contributed by atoms with Crippen molar-refractivity contribution in [2.75, 3.05) is 20.4 Å². The van der Waals surface area contributed by atoms with Gasteiger partial charge in [-0.15, -0.1) is 24.0 Å². The van der Waals surface area contributed by atoms with Crippen LogP contribution < -0.4 is 10.6 Å². The number of aliphatic imine (C=N–C) groups is 1. The van der Waals surface area contributed by atoms with E-state index in [2.05, 4.69) is 36.4 Å². The number of hydrogen-bond donors (Lipinski definition) is 2. The SMILES string of the molecule is CN=C(NCc1cc(F)ccc1CS(C)(=O)=O)NC1CC(C)(OC)C1(C)C.I. The van der Waals surface area contributed by atoms with E-state index in [9.17, 15) is 12.8 Å². The number of ether oxygens (including phenoxy) is 1. The summed E-state index contributed by atoms with van der Waals surface area (Å²) in [6, 6.07) is 4.33. The first-order valence-electron chi connectivity index (χ1n) is 8.89. The van der Waals surface area contributed by atoms with Crippen molar-refractivity contribution in [2.24, 2.45) is 10.4 Å². The van der Waals surface area contributed by atoms with Crippen LogP contribution in [0.2, 0.25) is 0 Å². The Morgan fingerprint density at radius 1 is 1.32 bits per heavy atom. The predicted octanol–water partition coefficient (Wildman–Crippen LogP) is 2.86. The molecule has 2 N–H and O–H groups in total. The normalized spacial score (nSPS) is 24.1. The lowest BCUT2D eigenvalue weighted by atomic mass is 9.56. The van der Waals surface area contributed by atoms with Gasteiger partial charge in [0.2, 0.25) is 0 Å². The summed E-state index contributed by atoms with van der Waals surface area (Å²) in [4.78, 5) is 4.23. The summed E-state index contributed by atoms with van der Waals surface area (Å²) in [5.41, 5.74) is 0.893. The van der Waals surface area contributed by atoms with E-state index in [1.54, 1.807) is 14.2 Å². The lowest BCUT2D eigenvalue weighted by Crippen LogP contribution is -2.69. The van der Waals surface area contributed by atoms with Crippen molar-refractivity contribution in [3.8, 4) is 0 Å². The van der Waals surface area contributed by atoms with Crippen LogP contribution in [0.1, 0.15) is 38.3 Å². The van der Waals surface area contributed by atoms with E-state index in [0.717, 1.165) is 6.42 Å². The van der Waals surface area contributed by atoms with E-state index in [4.69, 9.17) is 4.74 Å². The van der Waals surface area contributed by atoms with Gasteiger partial charge in [0, 0.05) is 38.4 Å². The highest BCUT2D eigenvalue weighted by molar-refractivity contribution is 14.0. The predicted molar refractivity (Wildman–Crippen MR) is 121 cm³/mol. The molecule has 1 aliphatic rings. The molecule has 28 heavy (non-hydrogen) atoms. The lowest BCUT2D eigenvalue weighted by molar-refractivity contribution is -0.176. The van der Waals surface area contributed by atoms with E-state index in [-0.39, 0.29) is 53.3 Å². The number of guanidine groups is 1. The molecule has 0 saturated heterocycles. The molecular weight excluding hydrogens is 496 g/mol. The van der Waals surface area contributed by atoms with Crippen molar-refractivity contribution in [3.63, 3.8) is 0 Å². The minimum absolute atomic E-state index is 0. The topological polar surface area (TPSA) is 79.8 Å². The van der Waals surface area contributed by atoms with Crippen molar-refractivity contribution in [3.05, 3.63) is 35.1 Å². The number of nitrogens with zero attached hydrogens (tertiary/aromatic N) is 1. The molecule has 1 aromatic carbocycles. The van der Waals surface area contributed by atoms with Crippen LogP contribution in [-0.2, 0) is 26.9 Å². The largest absolute Gasteiger partial charge is 0.378 e. The first kappa shape index (κ1) is 25.1. The molecule has 0 aliphatic heterocycles. The van der Waals surface area contributed by atoms with Crippen LogP contribution in [0.3, 0.4) is 0 Å². The Balaban J connectivity index is 0.00000392. The first-order valence-corrected chi connectivity index (χ1v) is 11.0. The monoisotopic (exact) mass is 527 g/mol. The van der Waals surface area contributed by atoms with E-state index < -0.39 is 15.7 Å². The van der Waals surface area contributed by atoms with Gasteiger partial charge >= 0.3 is 0 Å². The van der Waals surface area contributed by atoms with Gasteiger partial charge in [-0.05, 0) is 36.6 Å². The van der Waals surface area contributed by atoms with Gasteiger partial charge in [0.05, 0.1) is 11.4 Å². The molecule has 0 amide bonds. The molecule has 1 aromatic rings. The van der Waals surface area contributed by atoms with Crippen molar-refractivity contribution in [2.45, 2.75) is 51.1 Å². The standard InChI is InChI=1S/C19H30FN3O3S.HI/c1-18(2)16(10-19(18,3)26-5)23-17(21-4)22-11-14-9-15(20)8-7-13(14)12-27(6,24)25;/h7-9,16H,10-12H2,1-6H3,(H2,21,22,23);1H. The fourth-order valence-corrected chi connectivity index (χ4v) is 4.29. The van der Waals surface area contributed by atoms with Gasteiger partial charge in [0.25, 0.3) is 0 Å². The van der Waals surface area contributed by atoms with E-state index in [1.165, 1.54) is 24.5 Å². The first-order chi connectivity index (χ1) is 12.4. The summed E-state index contributed by atoms with van der Waals surface area (Å²) < 4.78 is 42.5. The fourth-order valence-electron chi connectivity index (χ4n) is 3.44. The van der Waals surface area contributed by atoms with Crippen LogP contribution in [0, 0.1) is 11.2 Å². The zero-order valence-corrected chi connectivity index (χ0v) is 20.4. The Morgan fingerprint density at radius 2 is 1.96 bits per heavy atom. The minimum atomic E-state index is -3.21. The van der Waals surface area contributed by atoms with Gasteiger partial charge in [-0.2, -0.15) is 0 Å². The highest BCUT2D eigenvalue weighted by Gasteiger charge is 2.58. The maximum Gasteiger partial charge on any atom is 0.191 e. The number of hydrogen-bond acceptors (Lipinski definition) is 4. The number of halogens is 2. The van der Waals surface area contributed by atoms with Crippen LogP contribution in [-0.4, -0.2) is 46.4 Å². The Labute approximate surface area is 184 Å². The van der Waals surface area contributed by atoms with E-state index in [0.29, 0.717) is 17.1 Å². The highest BCUT2D eigenvalue weighted by Crippen LogP contribution is 2.51. The Hall–Kier alpha value is -0.940. The Morgan fingerprint density at radius 3 is 2.46 bits per heavy atom. The number of benzene rings is 1. The molecule has 1 fully saturated rings. The molecule has 2 atom stereocenters. The lowest BCUT2D eigenvalue weighted by Gasteiger charge is -2.59. The average molecular weight is 527 g/mol. The van der Waals surface area contributed by atoms with Gasteiger partial charge in [-0.1, -0.05) is 19.9 Å². The Kier molecular flexibility index (Phi) is 8.29. The number of nitrogens with one attached hydrogen (secondary N) is 2. The van der Waals surface area contributed by atoms with Crippen molar-refractivity contribution < 1.29 is 17.5 Å².